The van der Waals surface area contributed by atoms with E-state index in [1.54, 1.807) is 44.1 Å². The highest BCUT2D eigenvalue weighted by Crippen LogP contribution is 2.29. The van der Waals surface area contributed by atoms with Gasteiger partial charge in [0.25, 0.3) is 0 Å². The number of nitrogens with two attached hydrogens (primary N) is 2. The summed E-state index contributed by atoms with van der Waals surface area (Å²) in [7, 11) is 3.25. The molecule has 1 aromatic rings. The van der Waals surface area contributed by atoms with E-state index in [0.717, 1.165) is 11.5 Å². The van der Waals surface area contributed by atoms with Crippen molar-refractivity contribution in [1.29, 1.82) is 0 Å². The van der Waals surface area contributed by atoms with Crippen LogP contribution >= 0.6 is 11.8 Å². The highest BCUT2D eigenvalue weighted by atomic mass is 32.2. The predicted octanol–water partition coefficient (Wildman–Crippen LogP) is 1.71. The van der Waals surface area contributed by atoms with Gasteiger partial charge in [-0.2, -0.15) is 11.8 Å². The number of carbonyl (C=O) groups is 1. The van der Waals surface area contributed by atoms with Crippen molar-refractivity contribution in [2.24, 2.45) is 5.73 Å². The lowest BCUT2D eigenvalue weighted by Crippen LogP contribution is -2.42. The number of nitrogen functional groups attached to an aromatic ring is 1. The quantitative estimate of drug-likeness (QED) is 0.591. The number of hydrogen-bond acceptors (Lipinski definition) is 5. The monoisotopic (exact) mass is 297 g/mol. The minimum atomic E-state index is -0.499. The fourth-order valence-electron chi connectivity index (χ4n) is 1.82. The molecule has 1 unspecified atom stereocenters. The summed E-state index contributed by atoms with van der Waals surface area (Å²) in [4.78, 5) is 13.8. The molecule has 0 aliphatic heterocycles. The standard InChI is InChI=1S/C14H23N3O2S/c1-4-20-8-7-11(16)14(18)17(2)12-6-5-10(15)9-13(12)19-3/h5-6,9,11H,4,7-8,15-16H2,1-3H3. The molecule has 112 valence electrons. The number of nitrogens with zero attached hydrogens (tertiary/aromatic N) is 1. The van der Waals surface area contributed by atoms with Crippen LogP contribution in [0.15, 0.2) is 18.2 Å². The molecule has 1 rings (SSSR count). The maximum absolute atomic E-state index is 12.3. The topological polar surface area (TPSA) is 81.6 Å². The Labute approximate surface area is 124 Å². The first kappa shape index (κ1) is 16.7. The number of likely N-dealkylation sites (N-methyl/N-ethyl adjacent to an activating group) is 1. The summed E-state index contributed by atoms with van der Waals surface area (Å²) in [5.41, 5.74) is 12.9. The number of rotatable bonds is 7. The number of thioether (sulfide) groups is 1. The molecule has 0 heterocycles. The van der Waals surface area contributed by atoms with Crippen LogP contribution < -0.4 is 21.1 Å². The van der Waals surface area contributed by atoms with E-state index in [1.807, 2.05) is 0 Å². The van der Waals surface area contributed by atoms with Crippen molar-refractivity contribution in [3.05, 3.63) is 18.2 Å². The molecule has 0 aromatic heterocycles. The van der Waals surface area contributed by atoms with Gasteiger partial charge < -0.3 is 21.1 Å². The van der Waals surface area contributed by atoms with Crippen LogP contribution in [0.4, 0.5) is 11.4 Å². The highest BCUT2D eigenvalue weighted by molar-refractivity contribution is 7.99. The fraction of sp³-hybridized carbons (Fsp3) is 0.500. The lowest BCUT2D eigenvalue weighted by Gasteiger charge is -2.23. The minimum absolute atomic E-state index is 0.121. The van der Waals surface area contributed by atoms with Crippen LogP contribution in [0.3, 0.4) is 0 Å². The van der Waals surface area contributed by atoms with Gasteiger partial charge in [0.15, 0.2) is 0 Å². The van der Waals surface area contributed by atoms with Crippen molar-refractivity contribution in [2.75, 3.05) is 36.3 Å². The molecule has 1 amide bonds. The zero-order valence-corrected chi connectivity index (χ0v) is 13.1. The summed E-state index contributed by atoms with van der Waals surface area (Å²) >= 11 is 1.78. The van der Waals surface area contributed by atoms with E-state index < -0.39 is 6.04 Å². The van der Waals surface area contributed by atoms with Crippen LogP contribution in [0.5, 0.6) is 5.75 Å². The van der Waals surface area contributed by atoms with Crippen molar-refractivity contribution in [3.8, 4) is 5.75 Å². The third-order valence-corrected chi connectivity index (χ3v) is 3.92. The molecule has 20 heavy (non-hydrogen) atoms. The van der Waals surface area contributed by atoms with E-state index in [4.69, 9.17) is 16.2 Å². The SMILES string of the molecule is CCSCCC(N)C(=O)N(C)c1ccc(N)cc1OC. The largest absolute Gasteiger partial charge is 0.494 e. The summed E-state index contributed by atoms with van der Waals surface area (Å²) in [6.45, 7) is 2.09. The van der Waals surface area contributed by atoms with E-state index in [9.17, 15) is 4.79 Å². The Bertz CT molecular complexity index is 454. The van der Waals surface area contributed by atoms with Gasteiger partial charge in [0, 0.05) is 18.8 Å². The van der Waals surface area contributed by atoms with Gasteiger partial charge >= 0.3 is 0 Å². The van der Waals surface area contributed by atoms with Crippen LogP contribution in [0, 0.1) is 0 Å². The Morgan fingerprint density at radius 2 is 2.20 bits per heavy atom. The molecular formula is C14H23N3O2S. The van der Waals surface area contributed by atoms with Crippen LogP contribution in [0.2, 0.25) is 0 Å². The summed E-state index contributed by atoms with van der Waals surface area (Å²) in [6, 6.07) is 4.69. The van der Waals surface area contributed by atoms with Gasteiger partial charge in [0.1, 0.15) is 5.75 Å². The summed E-state index contributed by atoms with van der Waals surface area (Å²) in [6.07, 6.45) is 0.666. The van der Waals surface area contributed by atoms with E-state index >= 15 is 0 Å². The van der Waals surface area contributed by atoms with E-state index in [2.05, 4.69) is 6.92 Å². The molecule has 0 saturated carbocycles. The number of anilines is 2. The molecule has 6 heteroatoms. The molecule has 0 bridgehead atoms. The molecule has 0 fully saturated rings. The van der Waals surface area contributed by atoms with Crippen molar-refractivity contribution in [1.82, 2.24) is 0 Å². The second kappa shape index (κ2) is 8.01. The number of carbonyl (C=O) groups excluding carboxylic acids is 1. The van der Waals surface area contributed by atoms with Gasteiger partial charge in [0.2, 0.25) is 5.91 Å². The Balaban J connectivity index is 2.78. The minimum Gasteiger partial charge on any atom is -0.494 e. The van der Waals surface area contributed by atoms with Gasteiger partial charge in [-0.1, -0.05) is 6.92 Å². The second-order valence-corrected chi connectivity index (χ2v) is 5.81. The fourth-order valence-corrected chi connectivity index (χ4v) is 2.53. The average Bonchev–Trinajstić information content (AvgIpc) is 2.45. The number of benzene rings is 1. The Kier molecular flexibility index (Phi) is 6.67. The number of hydrogen-bond donors (Lipinski definition) is 2. The van der Waals surface area contributed by atoms with Crippen molar-refractivity contribution < 1.29 is 9.53 Å². The molecule has 0 saturated heterocycles. The summed E-state index contributed by atoms with van der Waals surface area (Å²) in [5, 5.41) is 0. The zero-order valence-electron chi connectivity index (χ0n) is 12.3. The molecule has 0 radical (unpaired) electrons. The van der Waals surface area contributed by atoms with Gasteiger partial charge in [0.05, 0.1) is 18.8 Å². The van der Waals surface area contributed by atoms with Crippen molar-refractivity contribution >= 4 is 29.0 Å². The Hall–Kier alpha value is -1.40. The van der Waals surface area contributed by atoms with Gasteiger partial charge in [-0.3, -0.25) is 4.79 Å². The van der Waals surface area contributed by atoms with E-state index in [-0.39, 0.29) is 5.91 Å². The number of methoxy groups -OCH3 is 1. The molecule has 1 aromatic carbocycles. The van der Waals surface area contributed by atoms with Crippen LogP contribution in [-0.2, 0) is 4.79 Å². The molecular weight excluding hydrogens is 274 g/mol. The molecule has 1 atom stereocenters. The molecule has 0 spiro atoms. The van der Waals surface area contributed by atoms with Crippen LogP contribution in [-0.4, -0.2) is 37.6 Å². The predicted molar refractivity (Wildman–Crippen MR) is 86.4 cm³/mol. The first-order chi connectivity index (χ1) is 9.51. The third-order valence-electron chi connectivity index (χ3n) is 2.99. The van der Waals surface area contributed by atoms with Crippen LogP contribution in [0.1, 0.15) is 13.3 Å². The van der Waals surface area contributed by atoms with E-state index in [0.29, 0.717) is 23.5 Å². The maximum atomic E-state index is 12.3. The third kappa shape index (κ3) is 4.31. The first-order valence-corrected chi connectivity index (χ1v) is 7.71. The molecule has 5 nitrogen and oxygen atoms in total. The number of amides is 1. The lowest BCUT2D eigenvalue weighted by atomic mass is 10.2. The number of ether oxygens (including phenoxy) is 1. The average molecular weight is 297 g/mol. The zero-order chi connectivity index (χ0) is 15.1. The molecule has 0 aliphatic carbocycles. The lowest BCUT2D eigenvalue weighted by molar-refractivity contribution is -0.119. The van der Waals surface area contributed by atoms with Gasteiger partial charge in [-0.15, -0.1) is 0 Å². The Morgan fingerprint density at radius 3 is 2.80 bits per heavy atom. The van der Waals surface area contributed by atoms with Gasteiger partial charge in [-0.05, 0) is 30.1 Å². The summed E-state index contributed by atoms with van der Waals surface area (Å²) < 4.78 is 5.26. The van der Waals surface area contributed by atoms with Crippen LogP contribution in [0.25, 0.3) is 0 Å². The Morgan fingerprint density at radius 1 is 1.50 bits per heavy atom. The second-order valence-electron chi connectivity index (χ2n) is 4.42. The highest BCUT2D eigenvalue weighted by Gasteiger charge is 2.21. The van der Waals surface area contributed by atoms with Gasteiger partial charge in [-0.25, -0.2) is 0 Å². The van der Waals surface area contributed by atoms with Crippen molar-refractivity contribution in [2.45, 2.75) is 19.4 Å². The smallest absolute Gasteiger partial charge is 0.243 e. The normalized spacial score (nSPS) is 12.0. The van der Waals surface area contributed by atoms with E-state index in [1.165, 1.54) is 4.90 Å². The molecule has 0 aliphatic rings. The molecule has 4 N–H and O–H groups in total. The van der Waals surface area contributed by atoms with Crippen molar-refractivity contribution in [3.63, 3.8) is 0 Å². The summed E-state index contributed by atoms with van der Waals surface area (Å²) in [5.74, 6) is 2.36. The maximum Gasteiger partial charge on any atom is 0.243 e. The first-order valence-electron chi connectivity index (χ1n) is 6.55.